The first-order chi connectivity index (χ1) is 13.0. The maximum Gasteiger partial charge on any atom is 0.307 e. The van der Waals surface area contributed by atoms with Crippen molar-refractivity contribution < 1.29 is 23.8 Å². The van der Waals surface area contributed by atoms with E-state index in [-0.39, 0.29) is 12.3 Å². The highest BCUT2D eigenvalue weighted by Gasteiger charge is 2.22. The molecule has 1 N–H and O–H groups in total. The molecule has 0 aliphatic carbocycles. The molecule has 1 unspecified atom stereocenters. The molecule has 1 amide bonds. The Balaban J connectivity index is 2.34. The van der Waals surface area contributed by atoms with Crippen LogP contribution in [0.5, 0.6) is 11.5 Å². The molecule has 0 fully saturated rings. The van der Waals surface area contributed by atoms with E-state index < -0.39 is 12.0 Å². The number of hydrogen-bond acceptors (Lipinski definition) is 7. The summed E-state index contributed by atoms with van der Waals surface area (Å²) in [6.07, 6.45) is 3.45. The van der Waals surface area contributed by atoms with Gasteiger partial charge in [0.15, 0.2) is 11.5 Å². The van der Waals surface area contributed by atoms with E-state index in [2.05, 4.69) is 10.3 Å². The molecular formula is C19H22N2O5S. The van der Waals surface area contributed by atoms with Crippen LogP contribution in [0.15, 0.2) is 41.6 Å². The highest BCUT2D eigenvalue weighted by atomic mass is 32.2. The number of rotatable bonds is 8. The van der Waals surface area contributed by atoms with E-state index in [0.29, 0.717) is 27.7 Å². The number of hydrogen-bond donors (Lipinski definition) is 1. The van der Waals surface area contributed by atoms with Gasteiger partial charge in [-0.05, 0) is 36.1 Å². The Hall–Kier alpha value is -2.74. The number of benzene rings is 1. The zero-order valence-corrected chi connectivity index (χ0v) is 16.5. The molecule has 0 aliphatic heterocycles. The number of carbonyl (C=O) groups is 2. The minimum atomic E-state index is -0.598. The molecule has 0 radical (unpaired) electrons. The summed E-state index contributed by atoms with van der Waals surface area (Å²) in [5, 5.41) is 3.50. The smallest absolute Gasteiger partial charge is 0.307 e. The van der Waals surface area contributed by atoms with Crippen LogP contribution in [0, 0.1) is 0 Å². The highest BCUT2D eigenvalue weighted by molar-refractivity contribution is 7.98. The fourth-order valence-electron chi connectivity index (χ4n) is 2.53. The highest BCUT2D eigenvalue weighted by Crippen LogP contribution is 2.31. The molecule has 8 heteroatoms. The van der Waals surface area contributed by atoms with Gasteiger partial charge in [0.05, 0.1) is 39.4 Å². The van der Waals surface area contributed by atoms with Gasteiger partial charge in [0.1, 0.15) is 5.03 Å². The second-order valence-corrected chi connectivity index (χ2v) is 6.28. The maximum atomic E-state index is 12.8. The van der Waals surface area contributed by atoms with Gasteiger partial charge in [-0.2, -0.15) is 0 Å². The lowest BCUT2D eigenvalue weighted by Crippen LogP contribution is -2.31. The van der Waals surface area contributed by atoms with Gasteiger partial charge in [0, 0.05) is 6.20 Å². The van der Waals surface area contributed by atoms with Crippen molar-refractivity contribution in [3.05, 3.63) is 47.7 Å². The van der Waals surface area contributed by atoms with Gasteiger partial charge >= 0.3 is 5.97 Å². The molecule has 2 aromatic rings. The molecule has 1 heterocycles. The maximum absolute atomic E-state index is 12.8. The standard InChI is InChI=1S/C19H22N2O5S/c1-24-15-8-7-12(10-16(15)25-2)14(11-17(22)26-3)21-18(23)13-6-5-9-20-19(13)27-4/h5-10,14H,11H2,1-4H3,(H,21,23). The number of nitrogens with zero attached hydrogens (tertiary/aromatic N) is 1. The van der Waals surface area contributed by atoms with Gasteiger partial charge in [-0.15, -0.1) is 11.8 Å². The zero-order chi connectivity index (χ0) is 19.8. The Bertz CT molecular complexity index is 812. The van der Waals surface area contributed by atoms with Gasteiger partial charge in [0.2, 0.25) is 0 Å². The van der Waals surface area contributed by atoms with Gasteiger partial charge in [0.25, 0.3) is 5.91 Å². The average molecular weight is 390 g/mol. The van der Waals surface area contributed by atoms with Crippen molar-refractivity contribution in [2.24, 2.45) is 0 Å². The fourth-order valence-corrected chi connectivity index (χ4v) is 3.08. The van der Waals surface area contributed by atoms with Crippen LogP contribution in [0.2, 0.25) is 0 Å². The van der Waals surface area contributed by atoms with Crippen LogP contribution in [0.25, 0.3) is 0 Å². The summed E-state index contributed by atoms with van der Waals surface area (Å²) in [4.78, 5) is 28.9. The summed E-state index contributed by atoms with van der Waals surface area (Å²) in [5.74, 6) is 0.300. The first-order valence-electron chi connectivity index (χ1n) is 8.12. The van der Waals surface area contributed by atoms with E-state index in [4.69, 9.17) is 14.2 Å². The van der Waals surface area contributed by atoms with Crippen molar-refractivity contribution in [1.29, 1.82) is 0 Å². The van der Waals surface area contributed by atoms with Gasteiger partial charge in [-0.25, -0.2) is 4.98 Å². The molecule has 1 aromatic carbocycles. The molecule has 0 spiro atoms. The lowest BCUT2D eigenvalue weighted by atomic mass is 10.0. The van der Waals surface area contributed by atoms with Crippen molar-refractivity contribution in [3.8, 4) is 11.5 Å². The Kier molecular flexibility index (Phi) is 7.48. The third-order valence-corrected chi connectivity index (χ3v) is 4.63. The molecule has 144 valence electrons. The minimum Gasteiger partial charge on any atom is -0.493 e. The van der Waals surface area contributed by atoms with E-state index in [1.54, 1.807) is 36.5 Å². The summed E-state index contributed by atoms with van der Waals surface area (Å²) < 4.78 is 15.3. The third kappa shape index (κ3) is 5.13. The number of nitrogens with one attached hydrogen (secondary N) is 1. The molecule has 7 nitrogen and oxygen atoms in total. The number of esters is 1. The zero-order valence-electron chi connectivity index (χ0n) is 15.6. The van der Waals surface area contributed by atoms with E-state index in [9.17, 15) is 9.59 Å². The Morgan fingerprint density at radius 3 is 2.52 bits per heavy atom. The molecule has 0 saturated heterocycles. The van der Waals surface area contributed by atoms with Crippen molar-refractivity contribution in [1.82, 2.24) is 10.3 Å². The Morgan fingerprint density at radius 2 is 1.89 bits per heavy atom. The summed E-state index contributed by atoms with van der Waals surface area (Å²) in [7, 11) is 4.37. The molecule has 1 aromatic heterocycles. The van der Waals surface area contributed by atoms with Crippen LogP contribution < -0.4 is 14.8 Å². The monoisotopic (exact) mass is 390 g/mol. The fraction of sp³-hybridized carbons (Fsp3) is 0.316. The Morgan fingerprint density at radius 1 is 1.15 bits per heavy atom. The summed E-state index contributed by atoms with van der Waals surface area (Å²) in [5.41, 5.74) is 1.14. The number of thioether (sulfide) groups is 1. The average Bonchev–Trinajstić information content (AvgIpc) is 2.72. The number of pyridine rings is 1. The van der Waals surface area contributed by atoms with E-state index >= 15 is 0 Å². The molecular weight excluding hydrogens is 368 g/mol. The summed E-state index contributed by atoms with van der Waals surface area (Å²) in [6.45, 7) is 0. The van der Waals surface area contributed by atoms with Crippen LogP contribution in [-0.4, -0.2) is 44.4 Å². The van der Waals surface area contributed by atoms with E-state index in [1.165, 1.54) is 33.1 Å². The van der Waals surface area contributed by atoms with Crippen molar-refractivity contribution in [2.75, 3.05) is 27.6 Å². The number of carbonyl (C=O) groups excluding carboxylic acids is 2. The molecule has 27 heavy (non-hydrogen) atoms. The predicted octanol–water partition coefficient (Wildman–Crippen LogP) is 2.85. The van der Waals surface area contributed by atoms with Gasteiger partial charge in [-0.3, -0.25) is 9.59 Å². The lowest BCUT2D eigenvalue weighted by molar-refractivity contribution is -0.141. The quantitative estimate of drug-likeness (QED) is 0.548. The molecule has 0 saturated carbocycles. The normalized spacial score (nSPS) is 11.4. The van der Waals surface area contributed by atoms with Gasteiger partial charge < -0.3 is 19.5 Å². The van der Waals surface area contributed by atoms with Gasteiger partial charge in [-0.1, -0.05) is 6.07 Å². The van der Waals surface area contributed by atoms with Crippen LogP contribution in [0.4, 0.5) is 0 Å². The van der Waals surface area contributed by atoms with Crippen molar-refractivity contribution in [2.45, 2.75) is 17.5 Å². The first-order valence-corrected chi connectivity index (χ1v) is 9.35. The number of aromatic nitrogens is 1. The predicted molar refractivity (Wildman–Crippen MR) is 102 cm³/mol. The number of methoxy groups -OCH3 is 3. The largest absolute Gasteiger partial charge is 0.493 e. The molecule has 2 rings (SSSR count). The van der Waals surface area contributed by atoms with E-state index in [1.807, 2.05) is 6.26 Å². The molecule has 0 bridgehead atoms. The first kappa shape index (κ1) is 20.6. The van der Waals surface area contributed by atoms with Crippen LogP contribution >= 0.6 is 11.8 Å². The third-order valence-electron chi connectivity index (χ3n) is 3.92. The van der Waals surface area contributed by atoms with Crippen molar-refractivity contribution >= 4 is 23.6 Å². The summed E-state index contributed by atoms with van der Waals surface area (Å²) in [6, 6.07) is 8.01. The second-order valence-electron chi connectivity index (χ2n) is 5.48. The molecule has 0 aliphatic rings. The van der Waals surface area contributed by atoms with Crippen LogP contribution in [0.3, 0.4) is 0 Å². The van der Waals surface area contributed by atoms with E-state index in [0.717, 1.165) is 0 Å². The van der Waals surface area contributed by atoms with Crippen LogP contribution in [-0.2, 0) is 9.53 Å². The summed E-state index contributed by atoms with van der Waals surface area (Å²) >= 11 is 1.38. The van der Waals surface area contributed by atoms with Crippen molar-refractivity contribution in [3.63, 3.8) is 0 Å². The second kappa shape index (κ2) is 9.82. The minimum absolute atomic E-state index is 0.0212. The lowest BCUT2D eigenvalue weighted by Gasteiger charge is -2.20. The Labute approximate surface area is 162 Å². The molecule has 1 atom stereocenters. The SMILES string of the molecule is COC(=O)CC(NC(=O)c1cccnc1SC)c1ccc(OC)c(OC)c1. The number of ether oxygens (including phenoxy) is 3. The van der Waals surface area contributed by atoms with Crippen LogP contribution in [0.1, 0.15) is 28.4 Å². The topological polar surface area (TPSA) is 86.8 Å². The number of amides is 1.